The van der Waals surface area contributed by atoms with E-state index in [9.17, 15) is 0 Å². The summed E-state index contributed by atoms with van der Waals surface area (Å²) in [6.07, 6.45) is 2.00. The van der Waals surface area contributed by atoms with Crippen LogP contribution in [0.5, 0.6) is 0 Å². The van der Waals surface area contributed by atoms with E-state index in [1.54, 1.807) is 0 Å². The highest BCUT2D eigenvalue weighted by Gasteiger charge is 2.26. The van der Waals surface area contributed by atoms with E-state index in [1.165, 1.54) is 11.1 Å². The number of hydrogen-bond acceptors (Lipinski definition) is 3. The van der Waals surface area contributed by atoms with Gasteiger partial charge in [0.15, 0.2) is 5.11 Å². The Morgan fingerprint density at radius 3 is 3.00 bits per heavy atom. The van der Waals surface area contributed by atoms with Gasteiger partial charge in [0.25, 0.3) is 0 Å². The first-order valence-corrected chi connectivity index (χ1v) is 8.50. The summed E-state index contributed by atoms with van der Waals surface area (Å²) < 4.78 is 5.94. The van der Waals surface area contributed by atoms with Gasteiger partial charge in [0, 0.05) is 19.3 Å². The minimum Gasteiger partial charge on any atom is -0.371 e. The molecule has 24 heavy (non-hydrogen) atoms. The van der Waals surface area contributed by atoms with Crippen LogP contribution in [-0.4, -0.2) is 29.8 Å². The molecule has 1 fully saturated rings. The third kappa shape index (κ3) is 2.73. The molecule has 1 saturated heterocycles. The van der Waals surface area contributed by atoms with Crippen LogP contribution >= 0.6 is 12.2 Å². The average molecular weight is 340 g/mol. The number of aromatic nitrogens is 1. The molecule has 1 aromatic carbocycles. The monoisotopic (exact) mass is 340 g/mol. The molecule has 0 amide bonds. The molecular formula is C18H20N4OS. The number of H-pyrrole nitrogens is 1. The standard InChI is InChI=1S/C18H20N4OS/c1-12-17-15(6-7-20-17)22(18(24)21-12)11-13-4-2-3-5-14(13)16-10-19-8-9-23-16/h2-7,16,19-20H,1,8-11H2,(H,21,24)/t16-/m1/s1. The first kappa shape index (κ1) is 15.4. The summed E-state index contributed by atoms with van der Waals surface area (Å²) in [5, 5.41) is 7.25. The van der Waals surface area contributed by atoms with Gasteiger partial charge in [-0.25, -0.2) is 0 Å². The maximum atomic E-state index is 5.94. The zero-order chi connectivity index (χ0) is 16.5. The van der Waals surface area contributed by atoms with Crippen LogP contribution in [0, 0.1) is 0 Å². The highest BCUT2D eigenvalue weighted by atomic mass is 32.1. The summed E-state index contributed by atoms with van der Waals surface area (Å²) in [7, 11) is 0. The van der Waals surface area contributed by atoms with Crippen LogP contribution in [0.3, 0.4) is 0 Å². The van der Waals surface area contributed by atoms with Crippen molar-refractivity contribution in [3.05, 3.63) is 59.9 Å². The van der Waals surface area contributed by atoms with Gasteiger partial charge in [-0.3, -0.25) is 0 Å². The van der Waals surface area contributed by atoms with Gasteiger partial charge in [0.05, 0.1) is 36.3 Å². The second-order valence-corrected chi connectivity index (χ2v) is 6.38. The van der Waals surface area contributed by atoms with Crippen LogP contribution in [-0.2, 0) is 11.3 Å². The van der Waals surface area contributed by atoms with Crippen molar-refractivity contribution in [2.45, 2.75) is 12.6 Å². The van der Waals surface area contributed by atoms with Gasteiger partial charge >= 0.3 is 0 Å². The number of nitrogens with zero attached hydrogens (tertiary/aromatic N) is 1. The Bertz CT molecular complexity index is 779. The van der Waals surface area contributed by atoms with E-state index in [-0.39, 0.29) is 6.10 Å². The van der Waals surface area contributed by atoms with Gasteiger partial charge in [0.1, 0.15) is 0 Å². The molecule has 0 radical (unpaired) electrons. The quantitative estimate of drug-likeness (QED) is 0.750. The highest BCUT2D eigenvalue weighted by molar-refractivity contribution is 7.80. The van der Waals surface area contributed by atoms with E-state index >= 15 is 0 Å². The minimum absolute atomic E-state index is 0.0851. The van der Waals surface area contributed by atoms with Crippen molar-refractivity contribution < 1.29 is 4.74 Å². The molecule has 0 saturated carbocycles. The second kappa shape index (κ2) is 6.39. The maximum Gasteiger partial charge on any atom is 0.178 e. The second-order valence-electron chi connectivity index (χ2n) is 6.00. The van der Waals surface area contributed by atoms with E-state index in [2.05, 4.69) is 51.4 Å². The molecule has 3 N–H and O–H groups in total. The Morgan fingerprint density at radius 1 is 1.29 bits per heavy atom. The highest BCUT2D eigenvalue weighted by Crippen LogP contribution is 2.31. The van der Waals surface area contributed by atoms with E-state index < -0.39 is 0 Å². The van der Waals surface area contributed by atoms with Crippen molar-refractivity contribution >= 4 is 28.7 Å². The molecule has 0 aliphatic carbocycles. The summed E-state index contributed by atoms with van der Waals surface area (Å²) in [4.78, 5) is 5.33. The molecular weight excluding hydrogens is 320 g/mol. The Labute approximate surface area is 146 Å². The van der Waals surface area contributed by atoms with Gasteiger partial charge in [0.2, 0.25) is 0 Å². The molecule has 0 unspecified atom stereocenters. The topological polar surface area (TPSA) is 52.3 Å². The van der Waals surface area contributed by atoms with Crippen molar-refractivity contribution in [1.29, 1.82) is 0 Å². The predicted molar refractivity (Wildman–Crippen MR) is 99.7 cm³/mol. The molecule has 0 bridgehead atoms. The third-order valence-corrected chi connectivity index (χ3v) is 4.80. The first-order chi connectivity index (χ1) is 11.7. The fraction of sp³-hybridized carbons (Fsp3) is 0.278. The van der Waals surface area contributed by atoms with Crippen molar-refractivity contribution in [2.75, 3.05) is 24.6 Å². The van der Waals surface area contributed by atoms with Crippen molar-refractivity contribution in [3.63, 3.8) is 0 Å². The summed E-state index contributed by atoms with van der Waals surface area (Å²) >= 11 is 5.54. The lowest BCUT2D eigenvalue weighted by molar-refractivity contribution is 0.0272. The molecule has 2 aromatic rings. The van der Waals surface area contributed by atoms with Gasteiger partial charge in [-0.05, 0) is 29.4 Å². The van der Waals surface area contributed by atoms with Gasteiger partial charge in [-0.2, -0.15) is 0 Å². The van der Waals surface area contributed by atoms with E-state index in [0.29, 0.717) is 11.7 Å². The Morgan fingerprint density at radius 2 is 2.17 bits per heavy atom. The Balaban J connectivity index is 1.65. The van der Waals surface area contributed by atoms with Crippen LogP contribution in [0.25, 0.3) is 5.70 Å². The first-order valence-electron chi connectivity index (χ1n) is 8.09. The number of fused-ring (bicyclic) bond motifs is 1. The smallest absolute Gasteiger partial charge is 0.178 e. The van der Waals surface area contributed by atoms with Crippen LogP contribution in [0.15, 0.2) is 43.1 Å². The molecule has 2 aliphatic rings. The molecule has 3 heterocycles. The zero-order valence-corrected chi connectivity index (χ0v) is 14.2. The zero-order valence-electron chi connectivity index (χ0n) is 13.3. The van der Waals surface area contributed by atoms with Gasteiger partial charge < -0.3 is 25.3 Å². The van der Waals surface area contributed by atoms with E-state index in [0.717, 1.165) is 36.8 Å². The molecule has 2 aliphatic heterocycles. The van der Waals surface area contributed by atoms with Gasteiger partial charge in [-0.15, -0.1) is 0 Å². The molecule has 4 rings (SSSR count). The molecule has 124 valence electrons. The van der Waals surface area contributed by atoms with Crippen LogP contribution in [0.2, 0.25) is 0 Å². The summed E-state index contributed by atoms with van der Waals surface area (Å²) in [6, 6.07) is 10.4. The number of benzene rings is 1. The van der Waals surface area contributed by atoms with E-state index in [4.69, 9.17) is 17.0 Å². The fourth-order valence-corrected chi connectivity index (χ4v) is 3.57. The number of aromatic amines is 1. The minimum atomic E-state index is 0.0851. The Hall–Kier alpha value is -2.15. The maximum absolute atomic E-state index is 5.94. The van der Waals surface area contributed by atoms with Crippen LogP contribution < -0.4 is 15.5 Å². The summed E-state index contributed by atoms with van der Waals surface area (Å²) in [6.45, 7) is 7.21. The summed E-state index contributed by atoms with van der Waals surface area (Å²) in [5.74, 6) is 0. The van der Waals surface area contributed by atoms with Crippen molar-refractivity contribution in [3.8, 4) is 0 Å². The predicted octanol–water partition coefficient (Wildman–Crippen LogP) is 2.54. The number of nitrogens with one attached hydrogen (secondary N) is 3. The number of ether oxygens (including phenoxy) is 1. The largest absolute Gasteiger partial charge is 0.371 e. The van der Waals surface area contributed by atoms with Crippen molar-refractivity contribution in [1.82, 2.24) is 15.6 Å². The molecule has 1 aromatic heterocycles. The normalized spacial score (nSPS) is 20.7. The number of thiocarbonyl (C=S) groups is 1. The summed E-state index contributed by atoms with van der Waals surface area (Å²) in [5.41, 5.74) is 5.28. The van der Waals surface area contributed by atoms with Gasteiger partial charge in [-0.1, -0.05) is 30.8 Å². The lowest BCUT2D eigenvalue weighted by Crippen LogP contribution is -2.42. The lowest BCUT2D eigenvalue weighted by atomic mass is 10.0. The number of anilines is 1. The fourth-order valence-electron chi connectivity index (χ4n) is 3.28. The number of morpholine rings is 1. The molecule has 1 atom stereocenters. The Kier molecular flexibility index (Phi) is 4.10. The lowest BCUT2D eigenvalue weighted by Gasteiger charge is -2.33. The average Bonchev–Trinajstić information content (AvgIpc) is 3.10. The number of hydrogen-bond donors (Lipinski definition) is 3. The third-order valence-electron chi connectivity index (χ3n) is 4.48. The SMILES string of the molecule is C=C1NC(=S)N(Cc2ccccc2[C@H]2CNCCO2)c2cc[nH]c21. The van der Waals surface area contributed by atoms with Crippen molar-refractivity contribution in [2.24, 2.45) is 0 Å². The molecule has 0 spiro atoms. The van der Waals surface area contributed by atoms with Crippen LogP contribution in [0.4, 0.5) is 5.69 Å². The van der Waals surface area contributed by atoms with E-state index in [1.807, 2.05) is 12.3 Å². The molecule has 5 nitrogen and oxygen atoms in total. The van der Waals surface area contributed by atoms with Crippen LogP contribution in [0.1, 0.15) is 22.9 Å². The molecule has 6 heteroatoms. The number of rotatable bonds is 3.